The van der Waals surface area contributed by atoms with Crippen LogP contribution in [0, 0.1) is 5.82 Å². The van der Waals surface area contributed by atoms with Crippen LogP contribution >= 0.6 is 12.4 Å². The van der Waals surface area contributed by atoms with Crippen LogP contribution in [0.2, 0.25) is 0 Å². The van der Waals surface area contributed by atoms with Gasteiger partial charge in [-0.15, -0.1) is 12.4 Å². The Balaban J connectivity index is 0.00000280. The van der Waals surface area contributed by atoms with Crippen molar-refractivity contribution in [2.75, 3.05) is 26.2 Å². The molecular formula is C23H28ClFN2O. The highest BCUT2D eigenvalue weighted by molar-refractivity contribution is 5.95. The van der Waals surface area contributed by atoms with Gasteiger partial charge in [0.1, 0.15) is 5.82 Å². The predicted octanol–water partition coefficient (Wildman–Crippen LogP) is 4.91. The van der Waals surface area contributed by atoms with E-state index in [4.69, 9.17) is 0 Å². The summed E-state index contributed by atoms with van der Waals surface area (Å²) in [5.41, 5.74) is 5.06. The number of nitrogens with one attached hydrogen (secondary N) is 1. The molecule has 0 bridgehead atoms. The minimum atomic E-state index is -0.229. The maximum atomic E-state index is 13.9. The highest BCUT2D eigenvalue weighted by Crippen LogP contribution is 2.31. The van der Waals surface area contributed by atoms with Gasteiger partial charge in [0.25, 0.3) is 5.91 Å². The number of carbonyl (C=O) groups excluding carboxylic acids is 1. The van der Waals surface area contributed by atoms with Gasteiger partial charge in [0.15, 0.2) is 0 Å². The van der Waals surface area contributed by atoms with Crippen molar-refractivity contribution < 1.29 is 9.18 Å². The fourth-order valence-electron chi connectivity index (χ4n) is 3.67. The number of rotatable bonds is 5. The van der Waals surface area contributed by atoms with Gasteiger partial charge in [-0.3, -0.25) is 4.79 Å². The topological polar surface area (TPSA) is 32.3 Å². The fraction of sp³-hybridized carbons (Fsp3) is 0.348. The number of benzene rings is 2. The van der Waals surface area contributed by atoms with Crippen LogP contribution in [0.25, 0.3) is 5.57 Å². The van der Waals surface area contributed by atoms with Crippen LogP contribution < -0.4 is 5.32 Å². The SMILES string of the molecule is CCN(CC)C(=O)c1ccc(C(=C2CCNCC2)c2cccc(F)c2)cc1.Cl. The van der Waals surface area contributed by atoms with Crippen molar-refractivity contribution in [3.63, 3.8) is 0 Å². The summed E-state index contributed by atoms with van der Waals surface area (Å²) in [4.78, 5) is 14.4. The summed E-state index contributed by atoms with van der Waals surface area (Å²) in [5.74, 6) is -0.179. The van der Waals surface area contributed by atoms with E-state index in [2.05, 4.69) is 5.32 Å². The lowest BCUT2D eigenvalue weighted by atomic mass is 9.88. The number of hydrogen-bond acceptors (Lipinski definition) is 2. The molecule has 0 aliphatic carbocycles. The van der Waals surface area contributed by atoms with E-state index < -0.39 is 0 Å². The fourth-order valence-corrected chi connectivity index (χ4v) is 3.67. The number of piperidine rings is 1. The van der Waals surface area contributed by atoms with E-state index in [-0.39, 0.29) is 24.1 Å². The molecular weight excluding hydrogens is 375 g/mol. The summed E-state index contributed by atoms with van der Waals surface area (Å²) in [6.45, 7) is 7.24. The minimum Gasteiger partial charge on any atom is -0.339 e. The molecule has 0 unspecified atom stereocenters. The van der Waals surface area contributed by atoms with E-state index in [1.807, 2.05) is 49.1 Å². The van der Waals surface area contributed by atoms with Crippen molar-refractivity contribution >= 4 is 23.9 Å². The maximum absolute atomic E-state index is 13.9. The molecule has 1 aliphatic rings. The molecule has 0 radical (unpaired) electrons. The summed E-state index contributed by atoms with van der Waals surface area (Å²) < 4.78 is 13.9. The molecule has 1 N–H and O–H groups in total. The van der Waals surface area contributed by atoms with E-state index in [0.29, 0.717) is 18.7 Å². The molecule has 3 rings (SSSR count). The molecule has 1 aliphatic heterocycles. The van der Waals surface area contributed by atoms with E-state index in [0.717, 1.165) is 42.6 Å². The van der Waals surface area contributed by atoms with Crippen LogP contribution in [0.5, 0.6) is 0 Å². The zero-order valence-electron chi connectivity index (χ0n) is 16.5. The Morgan fingerprint density at radius 3 is 2.14 bits per heavy atom. The Labute approximate surface area is 173 Å². The third kappa shape index (κ3) is 5.00. The Kier molecular flexibility index (Phi) is 8.21. The second-order valence-corrected chi connectivity index (χ2v) is 6.79. The first-order chi connectivity index (χ1) is 13.1. The van der Waals surface area contributed by atoms with Crippen molar-refractivity contribution in [1.82, 2.24) is 10.2 Å². The molecule has 0 spiro atoms. The number of nitrogens with zero attached hydrogens (tertiary/aromatic N) is 1. The van der Waals surface area contributed by atoms with Gasteiger partial charge >= 0.3 is 0 Å². The van der Waals surface area contributed by atoms with Crippen LogP contribution in [0.15, 0.2) is 54.1 Å². The molecule has 1 fully saturated rings. The van der Waals surface area contributed by atoms with Crippen molar-refractivity contribution in [1.29, 1.82) is 0 Å². The average Bonchev–Trinajstić information content (AvgIpc) is 2.70. The van der Waals surface area contributed by atoms with Gasteiger partial charge < -0.3 is 10.2 Å². The highest BCUT2D eigenvalue weighted by atomic mass is 35.5. The molecule has 1 saturated heterocycles. The smallest absolute Gasteiger partial charge is 0.253 e. The maximum Gasteiger partial charge on any atom is 0.253 e. The molecule has 0 saturated carbocycles. The summed E-state index contributed by atoms with van der Waals surface area (Å²) >= 11 is 0. The standard InChI is InChI=1S/C23H27FN2O.ClH/c1-3-26(4-2)23(27)19-10-8-17(9-11-19)22(18-12-14-25-15-13-18)20-6-5-7-21(24)16-20;/h5-11,16,25H,3-4,12-15H2,1-2H3;1H. The second-order valence-electron chi connectivity index (χ2n) is 6.79. The third-order valence-electron chi connectivity index (χ3n) is 5.15. The molecule has 3 nitrogen and oxygen atoms in total. The van der Waals surface area contributed by atoms with E-state index in [1.165, 1.54) is 11.6 Å². The molecule has 5 heteroatoms. The van der Waals surface area contributed by atoms with Crippen LogP contribution in [-0.2, 0) is 0 Å². The highest BCUT2D eigenvalue weighted by Gasteiger charge is 2.17. The number of amides is 1. The van der Waals surface area contributed by atoms with Crippen LogP contribution in [0.3, 0.4) is 0 Å². The third-order valence-corrected chi connectivity index (χ3v) is 5.15. The van der Waals surface area contributed by atoms with Crippen molar-refractivity contribution in [3.05, 3.63) is 76.6 Å². The Bertz CT molecular complexity index is 821. The molecule has 150 valence electrons. The van der Waals surface area contributed by atoms with E-state index in [9.17, 15) is 9.18 Å². The number of halogens is 2. The Morgan fingerprint density at radius 1 is 0.964 bits per heavy atom. The normalized spacial score (nSPS) is 13.6. The summed E-state index contributed by atoms with van der Waals surface area (Å²) in [5, 5.41) is 3.37. The summed E-state index contributed by atoms with van der Waals surface area (Å²) in [7, 11) is 0. The summed E-state index contributed by atoms with van der Waals surface area (Å²) in [6.07, 6.45) is 1.90. The first-order valence-corrected chi connectivity index (χ1v) is 9.72. The van der Waals surface area contributed by atoms with Gasteiger partial charge in [-0.25, -0.2) is 4.39 Å². The minimum absolute atomic E-state index is 0. The first kappa shape index (κ1) is 22.1. The van der Waals surface area contributed by atoms with Crippen molar-refractivity contribution in [2.45, 2.75) is 26.7 Å². The lowest BCUT2D eigenvalue weighted by Crippen LogP contribution is -2.30. The number of carbonyl (C=O) groups is 1. The Hall–Kier alpha value is -2.17. The largest absolute Gasteiger partial charge is 0.339 e. The average molecular weight is 403 g/mol. The lowest BCUT2D eigenvalue weighted by Gasteiger charge is -2.22. The molecule has 2 aromatic carbocycles. The Morgan fingerprint density at radius 2 is 1.57 bits per heavy atom. The monoisotopic (exact) mass is 402 g/mol. The van der Waals surface area contributed by atoms with E-state index >= 15 is 0 Å². The van der Waals surface area contributed by atoms with Gasteiger partial charge in [0, 0.05) is 18.7 Å². The molecule has 1 amide bonds. The quantitative estimate of drug-likeness (QED) is 0.770. The number of hydrogen-bond donors (Lipinski definition) is 1. The molecule has 0 atom stereocenters. The zero-order valence-corrected chi connectivity index (χ0v) is 17.3. The summed E-state index contributed by atoms with van der Waals surface area (Å²) in [6, 6.07) is 14.5. The molecule has 1 heterocycles. The van der Waals surface area contributed by atoms with E-state index in [1.54, 1.807) is 12.1 Å². The van der Waals surface area contributed by atoms with Gasteiger partial charge in [-0.05, 0) is 80.7 Å². The van der Waals surface area contributed by atoms with Crippen molar-refractivity contribution in [3.8, 4) is 0 Å². The zero-order chi connectivity index (χ0) is 19.2. The second kappa shape index (κ2) is 10.4. The van der Waals surface area contributed by atoms with Gasteiger partial charge in [0.2, 0.25) is 0 Å². The van der Waals surface area contributed by atoms with Crippen molar-refractivity contribution in [2.24, 2.45) is 0 Å². The van der Waals surface area contributed by atoms with Crippen LogP contribution in [0.4, 0.5) is 4.39 Å². The van der Waals surface area contributed by atoms with Crippen LogP contribution in [-0.4, -0.2) is 37.0 Å². The van der Waals surface area contributed by atoms with Gasteiger partial charge in [-0.1, -0.05) is 29.8 Å². The lowest BCUT2D eigenvalue weighted by molar-refractivity contribution is 0.0773. The molecule has 2 aromatic rings. The molecule has 28 heavy (non-hydrogen) atoms. The van der Waals surface area contributed by atoms with Gasteiger partial charge in [-0.2, -0.15) is 0 Å². The molecule has 0 aromatic heterocycles. The first-order valence-electron chi connectivity index (χ1n) is 9.72. The van der Waals surface area contributed by atoms with Crippen LogP contribution in [0.1, 0.15) is 48.2 Å². The predicted molar refractivity (Wildman–Crippen MR) is 115 cm³/mol. The van der Waals surface area contributed by atoms with Gasteiger partial charge in [0.05, 0.1) is 0 Å².